The topological polar surface area (TPSA) is 69.6 Å². The van der Waals surface area contributed by atoms with Crippen LogP contribution in [0.4, 0.5) is 0 Å². The summed E-state index contributed by atoms with van der Waals surface area (Å²) >= 11 is 1.54. The van der Waals surface area contributed by atoms with Crippen LogP contribution in [0, 0.1) is 0 Å². The van der Waals surface area contributed by atoms with Crippen molar-refractivity contribution in [3.8, 4) is 0 Å². The lowest BCUT2D eigenvalue weighted by Gasteiger charge is -2.13. The molecule has 0 aliphatic carbocycles. The van der Waals surface area contributed by atoms with Crippen LogP contribution in [-0.2, 0) is 7.05 Å². The fraction of sp³-hybridized carbons (Fsp3) is 0.364. The van der Waals surface area contributed by atoms with E-state index in [2.05, 4.69) is 28.5 Å². The van der Waals surface area contributed by atoms with Crippen LogP contribution in [0.1, 0.15) is 24.9 Å². The van der Waals surface area contributed by atoms with Gasteiger partial charge in [-0.3, -0.25) is 0 Å². The van der Waals surface area contributed by atoms with Gasteiger partial charge in [-0.15, -0.1) is 5.10 Å². The number of aromatic nitrogens is 4. The maximum absolute atomic E-state index is 6.09. The van der Waals surface area contributed by atoms with Crippen LogP contribution < -0.4 is 5.73 Å². The van der Waals surface area contributed by atoms with Gasteiger partial charge in [-0.2, -0.15) is 0 Å². The summed E-state index contributed by atoms with van der Waals surface area (Å²) in [6, 6.07) is 8.16. The number of rotatable bonds is 4. The maximum Gasteiger partial charge on any atom is 0.213 e. The van der Waals surface area contributed by atoms with Gasteiger partial charge in [0.05, 0.1) is 0 Å². The van der Waals surface area contributed by atoms with E-state index in [1.165, 1.54) is 11.8 Å². The van der Waals surface area contributed by atoms with Crippen molar-refractivity contribution < 1.29 is 0 Å². The first-order valence-corrected chi connectivity index (χ1v) is 6.28. The molecule has 1 atom stereocenters. The maximum atomic E-state index is 6.09. The van der Waals surface area contributed by atoms with E-state index < -0.39 is 0 Å². The number of aryl methyl sites for hydroxylation is 1. The monoisotopic (exact) mass is 249 g/mol. The van der Waals surface area contributed by atoms with Crippen molar-refractivity contribution in [3.63, 3.8) is 0 Å². The molecule has 0 fully saturated rings. The Morgan fingerprint density at radius 2 is 2.18 bits per heavy atom. The zero-order valence-corrected chi connectivity index (χ0v) is 10.7. The van der Waals surface area contributed by atoms with Crippen LogP contribution in [0.3, 0.4) is 0 Å². The molecule has 0 radical (unpaired) electrons. The predicted octanol–water partition coefficient (Wildman–Crippen LogP) is 1.77. The molecular formula is C11H15N5S. The molecule has 0 aliphatic heterocycles. The van der Waals surface area contributed by atoms with Gasteiger partial charge in [0, 0.05) is 18.0 Å². The number of benzene rings is 1. The lowest BCUT2D eigenvalue weighted by atomic mass is 10.1. The summed E-state index contributed by atoms with van der Waals surface area (Å²) in [5.74, 6) is 0. The van der Waals surface area contributed by atoms with Crippen molar-refractivity contribution in [2.24, 2.45) is 12.8 Å². The van der Waals surface area contributed by atoms with Crippen molar-refractivity contribution in [1.29, 1.82) is 0 Å². The molecule has 0 saturated carbocycles. The highest BCUT2D eigenvalue weighted by Gasteiger charge is 2.12. The number of tetrazole rings is 1. The third-order valence-corrected chi connectivity index (χ3v) is 3.66. The summed E-state index contributed by atoms with van der Waals surface area (Å²) in [4.78, 5) is 1.11. The molecule has 2 N–H and O–H groups in total. The number of nitrogens with two attached hydrogens (primary N) is 1. The first-order valence-electron chi connectivity index (χ1n) is 5.47. The summed E-state index contributed by atoms with van der Waals surface area (Å²) in [7, 11) is 1.82. The Bertz CT molecular complexity index is 496. The molecule has 5 nitrogen and oxygen atoms in total. The van der Waals surface area contributed by atoms with Gasteiger partial charge in [0.1, 0.15) is 0 Å². The quantitative estimate of drug-likeness (QED) is 0.894. The van der Waals surface area contributed by atoms with Gasteiger partial charge in [-0.05, 0) is 40.2 Å². The van der Waals surface area contributed by atoms with E-state index in [0.717, 1.165) is 22.0 Å². The van der Waals surface area contributed by atoms with Gasteiger partial charge in [0.15, 0.2) is 0 Å². The Labute approximate surface area is 104 Å². The van der Waals surface area contributed by atoms with E-state index in [9.17, 15) is 0 Å². The molecule has 0 amide bonds. The predicted molar refractivity (Wildman–Crippen MR) is 66.6 cm³/mol. The van der Waals surface area contributed by atoms with Gasteiger partial charge in [0.25, 0.3) is 0 Å². The van der Waals surface area contributed by atoms with Crippen LogP contribution in [0.5, 0.6) is 0 Å². The van der Waals surface area contributed by atoms with Crippen LogP contribution >= 0.6 is 11.8 Å². The average molecular weight is 249 g/mol. The van der Waals surface area contributed by atoms with E-state index >= 15 is 0 Å². The van der Waals surface area contributed by atoms with Crippen LogP contribution in [0.2, 0.25) is 0 Å². The summed E-state index contributed by atoms with van der Waals surface area (Å²) in [5, 5.41) is 12.2. The number of nitrogens with zero attached hydrogens (tertiary/aromatic N) is 4. The minimum atomic E-state index is 0.0555. The summed E-state index contributed by atoms with van der Waals surface area (Å²) < 4.78 is 1.65. The standard InChI is InChI=1S/C11H15N5S/c1-3-9(12)8-6-4-5-7-10(8)17-11-13-14-15-16(11)2/h4-7,9H,3,12H2,1-2H3. The van der Waals surface area contributed by atoms with E-state index in [1.807, 2.05) is 25.2 Å². The Hall–Kier alpha value is -1.40. The van der Waals surface area contributed by atoms with Gasteiger partial charge < -0.3 is 5.73 Å². The smallest absolute Gasteiger partial charge is 0.213 e. The second kappa shape index (κ2) is 5.29. The first kappa shape index (κ1) is 12.1. The van der Waals surface area contributed by atoms with E-state index in [4.69, 9.17) is 5.73 Å². The molecular weight excluding hydrogens is 234 g/mol. The molecule has 90 valence electrons. The van der Waals surface area contributed by atoms with Crippen molar-refractivity contribution in [1.82, 2.24) is 20.2 Å². The molecule has 0 spiro atoms. The summed E-state index contributed by atoms with van der Waals surface area (Å²) in [5.41, 5.74) is 7.23. The highest BCUT2D eigenvalue weighted by molar-refractivity contribution is 7.99. The molecule has 0 bridgehead atoms. The zero-order chi connectivity index (χ0) is 12.3. The van der Waals surface area contributed by atoms with E-state index in [1.54, 1.807) is 4.68 Å². The molecule has 1 aromatic carbocycles. The molecule has 0 aliphatic rings. The van der Waals surface area contributed by atoms with E-state index in [-0.39, 0.29) is 6.04 Å². The number of hydrogen-bond donors (Lipinski definition) is 1. The van der Waals surface area contributed by atoms with Gasteiger partial charge >= 0.3 is 0 Å². The van der Waals surface area contributed by atoms with Crippen molar-refractivity contribution in [2.75, 3.05) is 0 Å². The first-order chi connectivity index (χ1) is 8.22. The molecule has 1 heterocycles. The molecule has 2 aromatic rings. The molecule has 17 heavy (non-hydrogen) atoms. The van der Waals surface area contributed by atoms with Gasteiger partial charge in [-0.25, -0.2) is 4.68 Å². The second-order valence-corrected chi connectivity index (χ2v) is 4.75. The Morgan fingerprint density at radius 1 is 1.41 bits per heavy atom. The molecule has 1 unspecified atom stereocenters. The molecule has 2 rings (SSSR count). The van der Waals surface area contributed by atoms with Crippen molar-refractivity contribution in [3.05, 3.63) is 29.8 Å². The third kappa shape index (κ3) is 2.65. The lowest BCUT2D eigenvalue weighted by Crippen LogP contribution is -2.09. The summed E-state index contributed by atoms with van der Waals surface area (Å²) in [6.45, 7) is 2.08. The SMILES string of the molecule is CCC(N)c1ccccc1Sc1nnnn1C. The Balaban J connectivity index is 2.30. The largest absolute Gasteiger partial charge is 0.324 e. The normalized spacial score (nSPS) is 12.6. The third-order valence-electron chi connectivity index (χ3n) is 2.54. The van der Waals surface area contributed by atoms with E-state index in [0.29, 0.717) is 0 Å². The Kier molecular flexibility index (Phi) is 3.75. The van der Waals surface area contributed by atoms with Crippen LogP contribution in [-0.4, -0.2) is 20.2 Å². The average Bonchev–Trinajstić information content (AvgIpc) is 2.75. The Morgan fingerprint density at radius 3 is 2.82 bits per heavy atom. The molecule has 6 heteroatoms. The lowest BCUT2D eigenvalue weighted by molar-refractivity contribution is 0.662. The number of hydrogen-bond acceptors (Lipinski definition) is 5. The van der Waals surface area contributed by atoms with Crippen molar-refractivity contribution in [2.45, 2.75) is 29.4 Å². The molecule has 1 aromatic heterocycles. The summed E-state index contributed by atoms with van der Waals surface area (Å²) in [6.07, 6.45) is 0.911. The minimum absolute atomic E-state index is 0.0555. The van der Waals surface area contributed by atoms with Crippen LogP contribution in [0.15, 0.2) is 34.3 Å². The fourth-order valence-corrected chi connectivity index (χ4v) is 2.43. The van der Waals surface area contributed by atoms with Crippen molar-refractivity contribution >= 4 is 11.8 Å². The highest BCUT2D eigenvalue weighted by Crippen LogP contribution is 2.31. The van der Waals surface area contributed by atoms with Gasteiger partial charge in [-0.1, -0.05) is 25.1 Å². The molecule has 0 saturated heterocycles. The second-order valence-electron chi connectivity index (χ2n) is 3.74. The zero-order valence-electron chi connectivity index (χ0n) is 9.87. The van der Waals surface area contributed by atoms with Crippen LogP contribution in [0.25, 0.3) is 0 Å². The highest BCUT2D eigenvalue weighted by atomic mass is 32.2. The fourth-order valence-electron chi connectivity index (χ4n) is 1.51. The van der Waals surface area contributed by atoms with Gasteiger partial charge in [0.2, 0.25) is 5.16 Å². The minimum Gasteiger partial charge on any atom is -0.324 e.